The van der Waals surface area contributed by atoms with Gasteiger partial charge in [-0.05, 0) is 43.7 Å². The van der Waals surface area contributed by atoms with Crippen molar-refractivity contribution in [1.82, 2.24) is 10.6 Å². The third-order valence-corrected chi connectivity index (χ3v) is 5.02. The van der Waals surface area contributed by atoms with E-state index < -0.39 is 0 Å². The lowest BCUT2D eigenvalue weighted by Crippen LogP contribution is -2.39. The Bertz CT molecular complexity index is 555. The molecule has 0 spiro atoms. The van der Waals surface area contributed by atoms with Crippen molar-refractivity contribution >= 4 is 18.3 Å². The quantitative estimate of drug-likeness (QED) is 0.824. The summed E-state index contributed by atoms with van der Waals surface area (Å²) in [5.74, 6) is 2.15. The van der Waals surface area contributed by atoms with Gasteiger partial charge in [0.2, 0.25) is 5.91 Å². The van der Waals surface area contributed by atoms with E-state index in [1.54, 1.807) is 14.2 Å². The van der Waals surface area contributed by atoms with Gasteiger partial charge in [-0.15, -0.1) is 12.4 Å². The smallest absolute Gasteiger partial charge is 0.220 e. The summed E-state index contributed by atoms with van der Waals surface area (Å²) in [6, 6.07) is 6.92. The van der Waals surface area contributed by atoms with Crippen LogP contribution in [0.1, 0.15) is 37.7 Å². The number of fused-ring (bicyclic) bond motifs is 2. The number of benzene rings is 1. The number of nitrogens with one attached hydrogen (secondary N) is 2. The maximum Gasteiger partial charge on any atom is 0.220 e. The first-order valence-corrected chi connectivity index (χ1v) is 8.41. The maximum absolute atomic E-state index is 12.2. The lowest BCUT2D eigenvalue weighted by Gasteiger charge is -2.28. The largest absolute Gasteiger partial charge is 0.497 e. The van der Waals surface area contributed by atoms with E-state index in [0.717, 1.165) is 29.9 Å². The van der Waals surface area contributed by atoms with E-state index in [1.165, 1.54) is 12.8 Å². The molecule has 2 unspecified atom stereocenters. The molecule has 0 aromatic heterocycles. The van der Waals surface area contributed by atoms with Gasteiger partial charge in [0.15, 0.2) is 0 Å². The summed E-state index contributed by atoms with van der Waals surface area (Å²) >= 11 is 0. The van der Waals surface area contributed by atoms with Crippen LogP contribution < -0.4 is 20.1 Å². The molecule has 0 saturated carbocycles. The average Bonchev–Trinajstić information content (AvgIpc) is 2.91. The number of rotatable bonds is 6. The zero-order chi connectivity index (χ0) is 16.2. The molecule has 2 bridgehead atoms. The van der Waals surface area contributed by atoms with E-state index in [-0.39, 0.29) is 18.3 Å². The van der Waals surface area contributed by atoms with Gasteiger partial charge in [-0.2, -0.15) is 0 Å². The van der Waals surface area contributed by atoms with Crippen molar-refractivity contribution in [2.75, 3.05) is 14.2 Å². The molecule has 2 saturated heterocycles. The lowest BCUT2D eigenvalue weighted by atomic mass is 9.89. The minimum Gasteiger partial charge on any atom is -0.497 e. The zero-order valence-corrected chi connectivity index (χ0v) is 15.2. The molecule has 6 heteroatoms. The Morgan fingerprint density at radius 2 is 1.92 bits per heavy atom. The van der Waals surface area contributed by atoms with E-state index >= 15 is 0 Å². The van der Waals surface area contributed by atoms with Gasteiger partial charge in [-0.3, -0.25) is 4.79 Å². The minimum absolute atomic E-state index is 0. The molecule has 3 rings (SSSR count). The normalized spacial score (nSPS) is 24.8. The van der Waals surface area contributed by atoms with Crippen LogP contribution in [-0.2, 0) is 11.3 Å². The van der Waals surface area contributed by atoms with Crippen molar-refractivity contribution < 1.29 is 14.3 Å². The number of halogens is 1. The Morgan fingerprint density at radius 3 is 2.54 bits per heavy atom. The molecule has 2 atom stereocenters. The lowest BCUT2D eigenvalue weighted by molar-refractivity contribution is -0.122. The first kappa shape index (κ1) is 18.9. The maximum atomic E-state index is 12.2. The fourth-order valence-corrected chi connectivity index (χ4v) is 3.87. The number of hydrogen-bond donors (Lipinski definition) is 2. The number of amides is 1. The molecule has 1 amide bonds. The molecule has 2 aliphatic rings. The van der Waals surface area contributed by atoms with Crippen molar-refractivity contribution in [1.29, 1.82) is 0 Å². The SMILES string of the molecule is COc1ccc(CNC(=O)CC2CC3CCC(C2)N3)c(OC)c1.Cl. The third-order valence-electron chi connectivity index (χ3n) is 5.02. The fourth-order valence-electron chi connectivity index (χ4n) is 3.87. The number of methoxy groups -OCH3 is 2. The molecule has 134 valence electrons. The molecule has 2 N–H and O–H groups in total. The van der Waals surface area contributed by atoms with Crippen molar-refractivity contribution in [2.24, 2.45) is 5.92 Å². The van der Waals surface area contributed by atoms with Gasteiger partial charge in [0.25, 0.3) is 0 Å². The Morgan fingerprint density at radius 1 is 1.21 bits per heavy atom. The van der Waals surface area contributed by atoms with E-state index in [2.05, 4.69) is 10.6 Å². The van der Waals surface area contributed by atoms with Gasteiger partial charge in [-0.25, -0.2) is 0 Å². The van der Waals surface area contributed by atoms with E-state index in [4.69, 9.17) is 9.47 Å². The van der Waals surface area contributed by atoms with Crippen molar-refractivity contribution in [3.8, 4) is 11.5 Å². The zero-order valence-electron chi connectivity index (χ0n) is 14.3. The highest BCUT2D eigenvalue weighted by molar-refractivity contribution is 5.85. The Balaban J connectivity index is 0.00000208. The predicted molar refractivity (Wildman–Crippen MR) is 95.9 cm³/mol. The van der Waals surface area contributed by atoms with Gasteiger partial charge in [-0.1, -0.05) is 0 Å². The molecule has 2 heterocycles. The minimum atomic E-state index is 0. The number of carbonyl (C=O) groups is 1. The van der Waals surface area contributed by atoms with Gasteiger partial charge < -0.3 is 20.1 Å². The van der Waals surface area contributed by atoms with Gasteiger partial charge in [0.05, 0.1) is 14.2 Å². The number of ether oxygens (including phenoxy) is 2. The molecular weight excluding hydrogens is 328 g/mol. The van der Waals surface area contributed by atoms with Gasteiger partial charge in [0.1, 0.15) is 11.5 Å². The molecule has 1 aromatic carbocycles. The molecule has 5 nitrogen and oxygen atoms in total. The Kier molecular flexibility index (Phi) is 6.75. The summed E-state index contributed by atoms with van der Waals surface area (Å²) in [5.41, 5.74) is 0.965. The van der Waals surface area contributed by atoms with Crippen LogP contribution in [0, 0.1) is 5.92 Å². The molecule has 0 aliphatic carbocycles. The second-order valence-electron chi connectivity index (χ2n) is 6.63. The summed E-state index contributed by atoms with van der Waals surface area (Å²) < 4.78 is 10.6. The fraction of sp³-hybridized carbons (Fsp3) is 0.611. The van der Waals surface area contributed by atoms with Crippen LogP contribution in [0.25, 0.3) is 0 Å². The first-order chi connectivity index (χ1) is 11.2. The highest BCUT2D eigenvalue weighted by Crippen LogP contribution is 2.32. The molecule has 0 radical (unpaired) electrons. The summed E-state index contributed by atoms with van der Waals surface area (Å²) in [6.45, 7) is 0.490. The number of carbonyl (C=O) groups excluding carboxylic acids is 1. The van der Waals surface area contributed by atoms with Crippen LogP contribution in [0.4, 0.5) is 0 Å². The van der Waals surface area contributed by atoms with Crippen molar-refractivity contribution in [3.63, 3.8) is 0 Å². The second kappa shape index (κ2) is 8.58. The third kappa shape index (κ3) is 4.54. The van der Waals surface area contributed by atoms with Crippen molar-refractivity contribution in [3.05, 3.63) is 23.8 Å². The van der Waals surface area contributed by atoms with Crippen LogP contribution in [0.15, 0.2) is 18.2 Å². The second-order valence-corrected chi connectivity index (χ2v) is 6.63. The Hall–Kier alpha value is -1.46. The van der Waals surface area contributed by atoms with Gasteiger partial charge >= 0.3 is 0 Å². The standard InChI is InChI=1S/C18H26N2O3.ClH/c1-22-16-6-3-13(17(10-16)23-2)11-19-18(21)9-12-7-14-4-5-15(8-12)20-14;/h3,6,10,12,14-15,20H,4-5,7-9,11H2,1-2H3,(H,19,21);1H. The van der Waals surface area contributed by atoms with E-state index in [9.17, 15) is 4.79 Å². The van der Waals surface area contributed by atoms with Crippen LogP contribution in [-0.4, -0.2) is 32.2 Å². The number of piperidine rings is 1. The number of hydrogen-bond acceptors (Lipinski definition) is 4. The molecule has 1 aromatic rings. The topological polar surface area (TPSA) is 59.6 Å². The summed E-state index contributed by atoms with van der Waals surface area (Å²) in [6.07, 6.45) is 5.44. The predicted octanol–water partition coefficient (Wildman–Crippen LogP) is 2.66. The molecule has 2 aliphatic heterocycles. The highest BCUT2D eigenvalue weighted by atomic mass is 35.5. The summed E-state index contributed by atoms with van der Waals surface area (Å²) in [5, 5.41) is 6.65. The van der Waals surface area contributed by atoms with Crippen LogP contribution in [0.5, 0.6) is 11.5 Å². The summed E-state index contributed by atoms with van der Waals surface area (Å²) in [4.78, 5) is 12.2. The molecule has 2 fully saturated rings. The summed E-state index contributed by atoms with van der Waals surface area (Å²) in [7, 11) is 3.26. The highest BCUT2D eigenvalue weighted by Gasteiger charge is 2.34. The van der Waals surface area contributed by atoms with Crippen LogP contribution in [0.3, 0.4) is 0 Å². The first-order valence-electron chi connectivity index (χ1n) is 8.41. The van der Waals surface area contributed by atoms with Gasteiger partial charge in [0, 0.05) is 36.7 Å². The van der Waals surface area contributed by atoms with E-state index in [0.29, 0.717) is 31.0 Å². The average molecular weight is 355 g/mol. The van der Waals surface area contributed by atoms with Crippen LogP contribution >= 0.6 is 12.4 Å². The monoisotopic (exact) mass is 354 g/mol. The van der Waals surface area contributed by atoms with Crippen molar-refractivity contribution in [2.45, 2.75) is 50.7 Å². The van der Waals surface area contributed by atoms with E-state index in [1.807, 2.05) is 18.2 Å². The molecule has 24 heavy (non-hydrogen) atoms. The Labute approximate surface area is 149 Å². The molecular formula is C18H27ClN2O3. The van der Waals surface area contributed by atoms with Crippen LogP contribution in [0.2, 0.25) is 0 Å².